The van der Waals surface area contributed by atoms with Crippen molar-refractivity contribution >= 4 is 35.0 Å². The van der Waals surface area contributed by atoms with Gasteiger partial charge in [-0.25, -0.2) is 4.98 Å². The fourth-order valence-electron chi connectivity index (χ4n) is 4.56. The van der Waals surface area contributed by atoms with Gasteiger partial charge in [-0.15, -0.1) is 11.3 Å². The van der Waals surface area contributed by atoms with Gasteiger partial charge in [-0.3, -0.25) is 24.1 Å². The van der Waals surface area contributed by atoms with Gasteiger partial charge in [0.05, 0.1) is 25.0 Å². The van der Waals surface area contributed by atoms with E-state index in [0.29, 0.717) is 17.8 Å². The third-order valence-electron chi connectivity index (χ3n) is 7.20. The van der Waals surface area contributed by atoms with Crippen LogP contribution in [0.1, 0.15) is 80.5 Å². The number of carboxylic acids is 1. The minimum absolute atomic E-state index is 0.0728. The maximum Gasteiger partial charge on any atom is 0.306 e. The van der Waals surface area contributed by atoms with Crippen molar-refractivity contribution < 1.29 is 24.3 Å². The molecule has 2 rings (SSSR count). The summed E-state index contributed by atoms with van der Waals surface area (Å²) >= 11 is 1.27. The van der Waals surface area contributed by atoms with Crippen molar-refractivity contribution in [3.8, 4) is 0 Å². The van der Waals surface area contributed by atoms with Gasteiger partial charge in [-0.2, -0.15) is 0 Å². The fourth-order valence-corrected chi connectivity index (χ4v) is 5.37. The number of amides is 3. The molecule has 0 saturated heterocycles. The normalized spacial score (nSPS) is 14.1. The Hall–Kier alpha value is -3.35. The van der Waals surface area contributed by atoms with Crippen molar-refractivity contribution in [2.45, 2.75) is 77.9 Å². The minimum atomic E-state index is -0.918. The fraction of sp³-hybridized carbons (Fsp3) is 0.581. The van der Waals surface area contributed by atoms with E-state index in [9.17, 15) is 24.3 Å². The number of unbranched alkanes of at least 4 members (excludes halogenated alkanes) is 1. The van der Waals surface area contributed by atoms with E-state index in [-0.39, 0.29) is 49.0 Å². The highest BCUT2D eigenvalue weighted by atomic mass is 32.1. The van der Waals surface area contributed by atoms with Crippen LogP contribution in [0.3, 0.4) is 0 Å². The number of carboxylic acid groups (broad SMARTS) is 1. The summed E-state index contributed by atoms with van der Waals surface area (Å²) in [6, 6.07) is 8.41. The predicted molar refractivity (Wildman–Crippen MR) is 169 cm³/mol. The molecule has 0 aliphatic rings. The topological polar surface area (TPSA) is 167 Å². The first-order valence-electron chi connectivity index (χ1n) is 14.9. The monoisotopic (exact) mass is 616 g/mol. The summed E-state index contributed by atoms with van der Waals surface area (Å²) in [6.07, 6.45) is 3.22. The quantitative estimate of drug-likeness (QED) is 0.161. The molecular formula is C31H48N6O5S. The molecule has 0 fully saturated rings. The first-order chi connectivity index (χ1) is 20.4. The molecule has 0 aliphatic carbocycles. The first-order valence-corrected chi connectivity index (χ1v) is 15.8. The van der Waals surface area contributed by atoms with E-state index in [1.54, 1.807) is 12.3 Å². The second kappa shape index (κ2) is 18.3. The molecule has 1 aromatic carbocycles. The molecule has 1 aromatic heterocycles. The van der Waals surface area contributed by atoms with Crippen molar-refractivity contribution in [1.82, 2.24) is 25.8 Å². The average molecular weight is 617 g/mol. The van der Waals surface area contributed by atoms with Crippen LogP contribution in [0.25, 0.3) is 0 Å². The van der Waals surface area contributed by atoms with Crippen LogP contribution in [0.4, 0.5) is 0 Å². The molecule has 3 amide bonds. The molecule has 0 bridgehead atoms. The van der Waals surface area contributed by atoms with Crippen molar-refractivity contribution in [3.05, 3.63) is 52.0 Å². The van der Waals surface area contributed by atoms with Crippen molar-refractivity contribution in [2.75, 3.05) is 26.7 Å². The van der Waals surface area contributed by atoms with Crippen LogP contribution in [-0.4, -0.2) is 77.4 Å². The number of nitrogens with one attached hydrogen (secondary N) is 3. The van der Waals surface area contributed by atoms with Crippen LogP contribution in [0.5, 0.6) is 0 Å². The Morgan fingerprint density at radius 1 is 1.05 bits per heavy atom. The van der Waals surface area contributed by atoms with E-state index in [1.165, 1.54) is 11.3 Å². The molecule has 43 heavy (non-hydrogen) atoms. The molecule has 12 heteroatoms. The van der Waals surface area contributed by atoms with Crippen LogP contribution >= 0.6 is 11.3 Å². The van der Waals surface area contributed by atoms with Gasteiger partial charge in [0.15, 0.2) is 0 Å². The number of carbonyl (C=O) groups is 4. The molecule has 0 aliphatic heterocycles. The zero-order valence-corrected chi connectivity index (χ0v) is 26.8. The molecule has 238 valence electrons. The molecule has 6 N–H and O–H groups in total. The van der Waals surface area contributed by atoms with Crippen LogP contribution in [0, 0.1) is 11.8 Å². The lowest BCUT2D eigenvalue weighted by atomic mass is 9.96. The second-order valence-corrected chi connectivity index (χ2v) is 12.4. The Morgan fingerprint density at radius 2 is 1.74 bits per heavy atom. The number of carbonyl (C=O) groups excluding carboxylic acids is 3. The average Bonchev–Trinajstić information content (AvgIpc) is 3.46. The van der Waals surface area contributed by atoms with Crippen LogP contribution < -0.4 is 21.7 Å². The number of aromatic nitrogens is 1. The summed E-state index contributed by atoms with van der Waals surface area (Å²) in [4.78, 5) is 55.8. The molecule has 4 atom stereocenters. The number of nitrogens with zero attached hydrogens (tertiary/aromatic N) is 2. The maximum atomic E-state index is 13.1. The predicted octanol–water partition coefficient (Wildman–Crippen LogP) is 2.97. The van der Waals surface area contributed by atoms with E-state index in [4.69, 9.17) is 5.73 Å². The standard InChI is InChI=1S/C31H48N6O5S/c1-6-7-13-37(5)18-28(39)33-17-27(38)35-25(20(2)3)16-24(32)30-36-26(19-43-30)29(40)34-23(14-21(4)31(41)42)15-22-11-9-8-10-12-22/h8-12,19-21,23-25H,6-7,13-18,32H2,1-5H3,(H,33,39)(H,34,40)(H,35,38)(H,41,42). The number of nitrogens with two attached hydrogens (primary N) is 1. The zero-order chi connectivity index (χ0) is 31.9. The number of benzene rings is 1. The van der Waals surface area contributed by atoms with E-state index in [1.807, 2.05) is 56.1 Å². The lowest BCUT2D eigenvalue weighted by Crippen LogP contribution is -2.46. The summed E-state index contributed by atoms with van der Waals surface area (Å²) in [5.41, 5.74) is 7.68. The summed E-state index contributed by atoms with van der Waals surface area (Å²) in [7, 11) is 1.88. The summed E-state index contributed by atoms with van der Waals surface area (Å²) in [5, 5.41) is 20.2. The van der Waals surface area contributed by atoms with E-state index in [2.05, 4.69) is 27.9 Å². The molecule has 2 aromatic rings. The summed E-state index contributed by atoms with van der Waals surface area (Å²) < 4.78 is 0. The largest absolute Gasteiger partial charge is 0.481 e. The number of likely N-dealkylation sites (N-methyl/N-ethyl adjacent to an activating group) is 1. The third kappa shape index (κ3) is 13.2. The Balaban J connectivity index is 1.96. The van der Waals surface area contributed by atoms with Crippen LogP contribution in [0.2, 0.25) is 0 Å². The highest BCUT2D eigenvalue weighted by molar-refractivity contribution is 7.09. The lowest BCUT2D eigenvalue weighted by molar-refractivity contribution is -0.141. The number of aliphatic carboxylic acids is 1. The SMILES string of the molecule is CCCCN(C)CC(=O)NCC(=O)NC(CC(N)c1nc(C(=O)NC(Cc2ccccc2)CC(C)C(=O)O)cs1)C(C)C. The smallest absolute Gasteiger partial charge is 0.306 e. The lowest BCUT2D eigenvalue weighted by Gasteiger charge is -2.25. The molecule has 1 heterocycles. The first kappa shape index (κ1) is 35.8. The van der Waals surface area contributed by atoms with Crippen LogP contribution in [-0.2, 0) is 20.8 Å². The number of hydrogen-bond acceptors (Lipinski definition) is 8. The van der Waals surface area contributed by atoms with Gasteiger partial charge >= 0.3 is 5.97 Å². The Kier molecular flexibility index (Phi) is 15.3. The molecular weight excluding hydrogens is 568 g/mol. The molecule has 4 unspecified atom stereocenters. The summed E-state index contributed by atoms with van der Waals surface area (Å²) in [5.74, 6) is -2.37. The molecule has 0 radical (unpaired) electrons. The minimum Gasteiger partial charge on any atom is -0.481 e. The Labute approximate surface area is 259 Å². The number of thiazole rings is 1. The summed E-state index contributed by atoms with van der Waals surface area (Å²) in [6.45, 7) is 8.60. The van der Waals surface area contributed by atoms with Gasteiger partial charge < -0.3 is 26.8 Å². The van der Waals surface area contributed by atoms with Gasteiger partial charge in [0.1, 0.15) is 10.7 Å². The molecule has 0 spiro atoms. The highest BCUT2D eigenvalue weighted by Gasteiger charge is 2.25. The van der Waals surface area contributed by atoms with Gasteiger partial charge in [0.2, 0.25) is 11.8 Å². The van der Waals surface area contributed by atoms with E-state index >= 15 is 0 Å². The Bertz CT molecular complexity index is 1170. The molecule has 0 saturated carbocycles. The number of rotatable bonds is 19. The Morgan fingerprint density at radius 3 is 2.37 bits per heavy atom. The van der Waals surface area contributed by atoms with Gasteiger partial charge in [-0.05, 0) is 50.8 Å². The maximum absolute atomic E-state index is 13.1. The third-order valence-corrected chi connectivity index (χ3v) is 8.18. The zero-order valence-electron chi connectivity index (χ0n) is 26.0. The van der Waals surface area contributed by atoms with Crippen molar-refractivity contribution in [2.24, 2.45) is 17.6 Å². The van der Waals surface area contributed by atoms with Crippen molar-refractivity contribution in [3.63, 3.8) is 0 Å². The highest BCUT2D eigenvalue weighted by Crippen LogP contribution is 2.23. The molecule has 11 nitrogen and oxygen atoms in total. The van der Waals surface area contributed by atoms with E-state index in [0.717, 1.165) is 24.9 Å². The number of hydrogen-bond donors (Lipinski definition) is 5. The van der Waals surface area contributed by atoms with Gasteiger partial charge in [0, 0.05) is 17.5 Å². The van der Waals surface area contributed by atoms with Crippen LogP contribution in [0.15, 0.2) is 35.7 Å². The van der Waals surface area contributed by atoms with Gasteiger partial charge in [0.25, 0.3) is 5.91 Å². The van der Waals surface area contributed by atoms with Gasteiger partial charge in [-0.1, -0.05) is 64.4 Å². The van der Waals surface area contributed by atoms with E-state index < -0.39 is 29.9 Å². The van der Waals surface area contributed by atoms with Crippen molar-refractivity contribution in [1.29, 1.82) is 0 Å². The second-order valence-electron chi connectivity index (χ2n) is 11.5.